The highest BCUT2D eigenvalue weighted by Crippen LogP contribution is 2.31. The lowest BCUT2D eigenvalue weighted by Gasteiger charge is -2.17. The molecule has 0 bridgehead atoms. The van der Waals surface area contributed by atoms with Gasteiger partial charge in [0.1, 0.15) is 4.21 Å². The molecule has 2 rings (SSSR count). The largest absolute Gasteiger partial charge is 0.481 e. The van der Waals surface area contributed by atoms with Gasteiger partial charge in [0, 0.05) is 10.5 Å². The second kappa shape index (κ2) is 5.28. The van der Waals surface area contributed by atoms with Gasteiger partial charge in [0.05, 0.1) is 5.92 Å². The number of nitrogens with one attached hydrogen (secondary N) is 1. The van der Waals surface area contributed by atoms with Gasteiger partial charge in [-0.15, -0.1) is 11.3 Å². The number of hydrogen-bond acceptors (Lipinski definition) is 4. The molecule has 1 aliphatic rings. The first-order valence-electron chi connectivity index (χ1n) is 5.40. The van der Waals surface area contributed by atoms with Crippen LogP contribution in [0.2, 0.25) is 0 Å². The summed E-state index contributed by atoms with van der Waals surface area (Å²) in [6, 6.07) is 1.14. The SMILES string of the molecule is O=C(O)C1CCCC1NS(=O)(=O)c1sccc1Br. The molecule has 2 unspecified atom stereocenters. The van der Waals surface area contributed by atoms with Crippen LogP contribution in [0.3, 0.4) is 0 Å². The van der Waals surface area contributed by atoms with Crippen molar-refractivity contribution in [3.63, 3.8) is 0 Å². The first-order valence-corrected chi connectivity index (χ1v) is 8.55. The number of thiophene rings is 1. The molecule has 0 aliphatic heterocycles. The Morgan fingerprint density at radius 1 is 1.50 bits per heavy atom. The summed E-state index contributed by atoms with van der Waals surface area (Å²) in [6.07, 6.45) is 1.82. The van der Waals surface area contributed by atoms with Crippen LogP contribution in [0.25, 0.3) is 0 Å². The van der Waals surface area contributed by atoms with E-state index in [0.717, 1.165) is 17.8 Å². The van der Waals surface area contributed by atoms with E-state index in [1.807, 2.05) is 0 Å². The number of hydrogen-bond donors (Lipinski definition) is 2. The first kappa shape index (κ1) is 14.0. The van der Waals surface area contributed by atoms with E-state index in [-0.39, 0.29) is 4.21 Å². The molecule has 0 radical (unpaired) electrons. The summed E-state index contributed by atoms with van der Waals surface area (Å²) in [7, 11) is -3.64. The van der Waals surface area contributed by atoms with E-state index in [1.54, 1.807) is 11.4 Å². The van der Waals surface area contributed by atoms with Gasteiger partial charge in [-0.3, -0.25) is 4.79 Å². The molecule has 2 atom stereocenters. The standard InChI is InChI=1S/C10H12BrNO4S2/c11-7-4-5-17-10(7)18(15,16)12-8-3-1-2-6(8)9(13)14/h4-6,8,12H,1-3H2,(H,13,14). The molecule has 2 N–H and O–H groups in total. The van der Waals surface area contributed by atoms with Gasteiger partial charge in [0.25, 0.3) is 10.0 Å². The van der Waals surface area contributed by atoms with E-state index in [0.29, 0.717) is 17.3 Å². The highest BCUT2D eigenvalue weighted by molar-refractivity contribution is 9.10. The zero-order chi connectivity index (χ0) is 13.3. The Balaban J connectivity index is 2.19. The summed E-state index contributed by atoms with van der Waals surface area (Å²) >= 11 is 4.28. The lowest BCUT2D eigenvalue weighted by Crippen LogP contribution is -2.39. The smallest absolute Gasteiger partial charge is 0.308 e. The van der Waals surface area contributed by atoms with Gasteiger partial charge in [0.2, 0.25) is 0 Å². The van der Waals surface area contributed by atoms with E-state index in [4.69, 9.17) is 5.11 Å². The molecule has 1 aromatic rings. The lowest BCUT2D eigenvalue weighted by atomic mass is 10.1. The normalized spacial score (nSPS) is 24.3. The Bertz CT molecular complexity index is 554. The van der Waals surface area contributed by atoms with Gasteiger partial charge in [-0.25, -0.2) is 13.1 Å². The van der Waals surface area contributed by atoms with Crippen LogP contribution in [0.15, 0.2) is 20.1 Å². The predicted molar refractivity (Wildman–Crippen MR) is 71.1 cm³/mol. The second-order valence-electron chi connectivity index (χ2n) is 4.16. The van der Waals surface area contributed by atoms with Crippen molar-refractivity contribution in [2.45, 2.75) is 29.5 Å². The lowest BCUT2D eigenvalue weighted by molar-refractivity contribution is -0.141. The molecule has 8 heteroatoms. The first-order chi connectivity index (χ1) is 8.42. The van der Waals surface area contributed by atoms with Crippen LogP contribution in [-0.4, -0.2) is 25.5 Å². The fraction of sp³-hybridized carbons (Fsp3) is 0.500. The molecule has 100 valence electrons. The zero-order valence-corrected chi connectivity index (χ0v) is 12.5. The summed E-state index contributed by atoms with van der Waals surface area (Å²) < 4.78 is 27.4. The van der Waals surface area contributed by atoms with Gasteiger partial charge in [-0.05, 0) is 40.2 Å². The highest BCUT2D eigenvalue weighted by Gasteiger charge is 2.36. The van der Waals surface area contributed by atoms with Gasteiger partial charge >= 0.3 is 5.97 Å². The van der Waals surface area contributed by atoms with E-state index >= 15 is 0 Å². The zero-order valence-electron chi connectivity index (χ0n) is 9.30. The minimum absolute atomic E-state index is 0.193. The molecule has 1 heterocycles. The van der Waals surface area contributed by atoms with Gasteiger partial charge < -0.3 is 5.11 Å². The molecule has 0 saturated heterocycles. The molecular weight excluding hydrogens is 342 g/mol. The number of halogens is 1. The van der Waals surface area contributed by atoms with E-state index in [2.05, 4.69) is 20.7 Å². The van der Waals surface area contributed by atoms with E-state index < -0.39 is 28.0 Å². The number of sulfonamides is 1. The average Bonchev–Trinajstić information content (AvgIpc) is 2.86. The number of carboxylic acids is 1. The average molecular weight is 354 g/mol. The van der Waals surface area contributed by atoms with Crippen LogP contribution in [0.5, 0.6) is 0 Å². The quantitative estimate of drug-likeness (QED) is 0.867. The summed E-state index contributed by atoms with van der Waals surface area (Å²) in [4.78, 5) is 11.0. The molecule has 18 heavy (non-hydrogen) atoms. The van der Waals surface area contributed by atoms with Crippen molar-refractivity contribution in [2.24, 2.45) is 5.92 Å². The van der Waals surface area contributed by atoms with Crippen LogP contribution in [0.4, 0.5) is 0 Å². The highest BCUT2D eigenvalue weighted by atomic mass is 79.9. The third-order valence-corrected chi connectivity index (χ3v) is 7.13. The molecule has 1 saturated carbocycles. The molecule has 1 aliphatic carbocycles. The number of aliphatic carboxylic acids is 1. The molecule has 0 spiro atoms. The van der Waals surface area contributed by atoms with Crippen LogP contribution >= 0.6 is 27.3 Å². The number of carboxylic acid groups (broad SMARTS) is 1. The minimum atomic E-state index is -3.64. The Morgan fingerprint density at radius 3 is 2.78 bits per heavy atom. The minimum Gasteiger partial charge on any atom is -0.481 e. The maximum atomic E-state index is 12.1. The second-order valence-corrected chi connectivity index (χ2v) is 7.84. The van der Waals surface area contributed by atoms with Crippen molar-refractivity contribution in [1.82, 2.24) is 4.72 Å². The van der Waals surface area contributed by atoms with Crippen molar-refractivity contribution in [3.8, 4) is 0 Å². The summed E-state index contributed by atoms with van der Waals surface area (Å²) in [5.41, 5.74) is 0. The fourth-order valence-electron chi connectivity index (χ4n) is 2.12. The summed E-state index contributed by atoms with van der Waals surface area (Å²) in [5.74, 6) is -1.57. The fourth-order valence-corrected chi connectivity index (χ4v) is 5.79. The van der Waals surface area contributed by atoms with Gasteiger partial charge in [-0.1, -0.05) is 6.42 Å². The monoisotopic (exact) mass is 353 g/mol. The van der Waals surface area contributed by atoms with Crippen LogP contribution in [-0.2, 0) is 14.8 Å². The van der Waals surface area contributed by atoms with Crippen molar-refractivity contribution < 1.29 is 18.3 Å². The maximum Gasteiger partial charge on any atom is 0.308 e. The van der Waals surface area contributed by atoms with Crippen LogP contribution in [0, 0.1) is 5.92 Å². The van der Waals surface area contributed by atoms with Crippen molar-refractivity contribution in [1.29, 1.82) is 0 Å². The molecule has 1 fully saturated rings. The van der Waals surface area contributed by atoms with E-state index in [1.165, 1.54) is 0 Å². The predicted octanol–water partition coefficient (Wildman–Crippen LogP) is 2.04. The van der Waals surface area contributed by atoms with Crippen molar-refractivity contribution in [3.05, 3.63) is 15.9 Å². The third kappa shape index (κ3) is 2.76. The Kier molecular flexibility index (Phi) is 4.10. The van der Waals surface area contributed by atoms with Gasteiger partial charge in [0.15, 0.2) is 0 Å². The number of rotatable bonds is 4. The van der Waals surface area contributed by atoms with Crippen molar-refractivity contribution in [2.75, 3.05) is 0 Å². The summed E-state index contributed by atoms with van der Waals surface area (Å²) in [5, 5.41) is 10.7. The van der Waals surface area contributed by atoms with Crippen LogP contribution in [0.1, 0.15) is 19.3 Å². The Morgan fingerprint density at radius 2 is 2.22 bits per heavy atom. The third-order valence-electron chi connectivity index (χ3n) is 2.97. The Labute approximate surface area is 117 Å². The molecule has 1 aromatic heterocycles. The molecule has 0 amide bonds. The Hall–Kier alpha value is -0.440. The summed E-state index contributed by atoms with van der Waals surface area (Å²) in [6.45, 7) is 0. The van der Waals surface area contributed by atoms with Gasteiger partial charge in [-0.2, -0.15) is 0 Å². The number of carbonyl (C=O) groups is 1. The maximum absolute atomic E-state index is 12.1. The molecule has 0 aromatic carbocycles. The molecule has 5 nitrogen and oxygen atoms in total. The molecular formula is C10H12BrNO4S2. The van der Waals surface area contributed by atoms with Crippen molar-refractivity contribution >= 4 is 43.3 Å². The van der Waals surface area contributed by atoms with Crippen LogP contribution < -0.4 is 4.72 Å². The topological polar surface area (TPSA) is 83.5 Å². The van der Waals surface area contributed by atoms with E-state index in [9.17, 15) is 13.2 Å².